The van der Waals surface area contributed by atoms with Crippen molar-refractivity contribution in [2.75, 3.05) is 46.4 Å². The number of carbonyl (C=O) groups is 3. The highest BCUT2D eigenvalue weighted by atomic mass is 16.5. The molecule has 8 nitrogen and oxygen atoms in total. The first-order chi connectivity index (χ1) is 9.52. The lowest BCUT2D eigenvalue weighted by atomic mass is 10.3. The molecule has 1 rings (SSSR count). The van der Waals surface area contributed by atoms with Gasteiger partial charge in [-0.2, -0.15) is 0 Å². The van der Waals surface area contributed by atoms with E-state index in [1.54, 1.807) is 4.90 Å². The Hall–Kier alpha value is -1.83. The maximum absolute atomic E-state index is 11.8. The highest BCUT2D eigenvalue weighted by Gasteiger charge is 2.21. The second kappa shape index (κ2) is 8.36. The van der Waals surface area contributed by atoms with E-state index in [1.165, 1.54) is 7.11 Å². The number of hydrogen-bond donors (Lipinski definition) is 2. The molecule has 0 spiro atoms. The summed E-state index contributed by atoms with van der Waals surface area (Å²) in [6.45, 7) is 3.21. The molecule has 0 saturated carbocycles. The number of urea groups is 1. The molecule has 8 heteroatoms. The van der Waals surface area contributed by atoms with Gasteiger partial charge in [0.15, 0.2) is 0 Å². The van der Waals surface area contributed by atoms with E-state index in [9.17, 15) is 14.4 Å². The Kier molecular flexibility index (Phi) is 6.78. The minimum absolute atomic E-state index is 0.116. The molecular weight excluding hydrogens is 266 g/mol. The van der Waals surface area contributed by atoms with Crippen LogP contribution in [0.3, 0.4) is 0 Å². The molecule has 0 aromatic heterocycles. The van der Waals surface area contributed by atoms with Crippen LogP contribution in [0.4, 0.5) is 4.79 Å². The molecule has 1 aliphatic heterocycles. The van der Waals surface area contributed by atoms with Crippen LogP contribution in [0.25, 0.3) is 0 Å². The van der Waals surface area contributed by atoms with Crippen molar-refractivity contribution >= 4 is 18.0 Å². The van der Waals surface area contributed by atoms with E-state index in [0.29, 0.717) is 32.7 Å². The lowest BCUT2D eigenvalue weighted by Crippen LogP contribution is -2.52. The van der Waals surface area contributed by atoms with E-state index in [4.69, 9.17) is 5.11 Å². The molecule has 0 atom stereocenters. The Balaban J connectivity index is 2.18. The first-order valence-electron chi connectivity index (χ1n) is 6.56. The average molecular weight is 287 g/mol. The molecule has 0 aromatic carbocycles. The molecule has 1 fully saturated rings. The number of methoxy groups -OCH3 is 1. The molecule has 0 radical (unpaired) electrons. The summed E-state index contributed by atoms with van der Waals surface area (Å²) >= 11 is 0. The number of piperazine rings is 1. The topological polar surface area (TPSA) is 99.2 Å². The maximum Gasteiger partial charge on any atom is 0.317 e. The van der Waals surface area contributed by atoms with Gasteiger partial charge >= 0.3 is 18.0 Å². The van der Waals surface area contributed by atoms with Crippen LogP contribution >= 0.6 is 0 Å². The summed E-state index contributed by atoms with van der Waals surface area (Å²) in [6, 6.07) is -0.202. The Morgan fingerprint density at radius 2 is 1.80 bits per heavy atom. The van der Waals surface area contributed by atoms with E-state index in [2.05, 4.69) is 10.1 Å². The third-order valence-corrected chi connectivity index (χ3v) is 3.13. The maximum atomic E-state index is 11.8. The van der Waals surface area contributed by atoms with Crippen LogP contribution in [0.5, 0.6) is 0 Å². The van der Waals surface area contributed by atoms with Gasteiger partial charge in [-0.3, -0.25) is 14.5 Å². The zero-order chi connectivity index (χ0) is 15.0. The number of hydrogen-bond acceptors (Lipinski definition) is 5. The average Bonchev–Trinajstić information content (AvgIpc) is 2.45. The van der Waals surface area contributed by atoms with Gasteiger partial charge in [0.05, 0.1) is 20.0 Å². The number of carboxylic acids is 1. The second-order valence-corrected chi connectivity index (χ2v) is 4.53. The van der Waals surface area contributed by atoms with Crippen LogP contribution in [0.1, 0.15) is 12.8 Å². The molecule has 2 amide bonds. The molecule has 0 bridgehead atoms. The van der Waals surface area contributed by atoms with Crippen molar-refractivity contribution in [1.29, 1.82) is 0 Å². The fraction of sp³-hybridized carbons (Fsp3) is 0.750. The number of nitrogens with one attached hydrogen (secondary N) is 1. The first kappa shape index (κ1) is 16.2. The number of rotatable bonds is 6. The highest BCUT2D eigenvalue weighted by molar-refractivity contribution is 5.75. The number of carboxylic acid groups (broad SMARTS) is 1. The lowest BCUT2D eigenvalue weighted by molar-refractivity contribution is -0.140. The molecule has 1 heterocycles. The Morgan fingerprint density at radius 3 is 2.35 bits per heavy atom. The predicted octanol–water partition coefficient (Wildman–Crippen LogP) is -0.649. The summed E-state index contributed by atoms with van der Waals surface area (Å²) in [7, 11) is 1.31. The Bertz CT molecular complexity index is 353. The summed E-state index contributed by atoms with van der Waals surface area (Å²) in [5.74, 6) is -1.17. The van der Waals surface area contributed by atoms with Crippen molar-refractivity contribution < 1.29 is 24.2 Å². The molecule has 114 valence electrons. The number of aliphatic carboxylic acids is 1. The third kappa shape index (κ3) is 5.87. The summed E-state index contributed by atoms with van der Waals surface area (Å²) in [6.07, 6.45) is 0.270. The van der Waals surface area contributed by atoms with Crippen LogP contribution in [0, 0.1) is 0 Å². The van der Waals surface area contributed by atoms with Gasteiger partial charge in [-0.05, 0) is 0 Å². The third-order valence-electron chi connectivity index (χ3n) is 3.13. The number of carbonyl (C=O) groups excluding carboxylic acids is 2. The largest absolute Gasteiger partial charge is 0.481 e. The molecule has 1 saturated heterocycles. The van der Waals surface area contributed by atoms with E-state index in [1.807, 2.05) is 4.90 Å². The Morgan fingerprint density at radius 1 is 1.15 bits per heavy atom. The zero-order valence-electron chi connectivity index (χ0n) is 11.6. The van der Waals surface area contributed by atoms with Crippen LogP contribution in [0.2, 0.25) is 0 Å². The molecule has 20 heavy (non-hydrogen) atoms. The predicted molar refractivity (Wildman–Crippen MR) is 70.3 cm³/mol. The van der Waals surface area contributed by atoms with Gasteiger partial charge in [0, 0.05) is 39.3 Å². The molecule has 0 unspecified atom stereocenters. The van der Waals surface area contributed by atoms with Crippen molar-refractivity contribution in [2.45, 2.75) is 12.8 Å². The normalized spacial score (nSPS) is 15.8. The summed E-state index contributed by atoms with van der Waals surface area (Å²) < 4.78 is 4.48. The van der Waals surface area contributed by atoms with Gasteiger partial charge in [0.1, 0.15) is 0 Å². The zero-order valence-corrected chi connectivity index (χ0v) is 11.6. The van der Waals surface area contributed by atoms with Crippen LogP contribution < -0.4 is 5.32 Å². The van der Waals surface area contributed by atoms with Gasteiger partial charge in [-0.1, -0.05) is 0 Å². The second-order valence-electron chi connectivity index (χ2n) is 4.53. The van der Waals surface area contributed by atoms with Crippen molar-refractivity contribution in [1.82, 2.24) is 15.1 Å². The fourth-order valence-corrected chi connectivity index (χ4v) is 1.91. The van der Waals surface area contributed by atoms with Gasteiger partial charge in [-0.25, -0.2) is 4.79 Å². The summed E-state index contributed by atoms with van der Waals surface area (Å²) in [5, 5.41) is 11.3. The molecule has 0 aromatic rings. The van der Waals surface area contributed by atoms with Crippen molar-refractivity contribution in [2.24, 2.45) is 0 Å². The van der Waals surface area contributed by atoms with Crippen LogP contribution in [0.15, 0.2) is 0 Å². The molecule has 2 N–H and O–H groups in total. The molecule has 1 aliphatic rings. The van der Waals surface area contributed by atoms with Gasteiger partial charge in [0.25, 0.3) is 0 Å². The van der Waals surface area contributed by atoms with Gasteiger partial charge < -0.3 is 20.1 Å². The molecular formula is C12H21N3O5. The van der Waals surface area contributed by atoms with E-state index in [-0.39, 0.29) is 31.4 Å². The summed E-state index contributed by atoms with van der Waals surface area (Å²) in [4.78, 5) is 36.8. The smallest absolute Gasteiger partial charge is 0.317 e. The number of esters is 1. The van der Waals surface area contributed by atoms with E-state index < -0.39 is 5.97 Å². The quantitative estimate of drug-likeness (QED) is 0.630. The fourth-order valence-electron chi connectivity index (χ4n) is 1.91. The molecule has 0 aliphatic carbocycles. The standard InChI is InChI=1S/C12H21N3O5/c1-20-11(18)2-4-13-12(19)15-8-6-14(7-9-15)5-3-10(16)17/h2-9H2,1H3,(H,13,19)(H,16,17). The SMILES string of the molecule is COC(=O)CCNC(=O)N1CCN(CCC(=O)O)CC1. The van der Waals surface area contributed by atoms with E-state index >= 15 is 0 Å². The number of amides is 2. The highest BCUT2D eigenvalue weighted by Crippen LogP contribution is 2.03. The minimum Gasteiger partial charge on any atom is -0.481 e. The minimum atomic E-state index is -0.812. The van der Waals surface area contributed by atoms with Gasteiger partial charge in [-0.15, -0.1) is 0 Å². The van der Waals surface area contributed by atoms with Crippen molar-refractivity contribution in [3.05, 3.63) is 0 Å². The Labute approximate surface area is 117 Å². The van der Waals surface area contributed by atoms with Gasteiger partial charge in [0.2, 0.25) is 0 Å². The van der Waals surface area contributed by atoms with E-state index in [0.717, 1.165) is 0 Å². The first-order valence-corrected chi connectivity index (χ1v) is 6.56. The van der Waals surface area contributed by atoms with Crippen LogP contribution in [-0.2, 0) is 14.3 Å². The summed E-state index contributed by atoms with van der Waals surface area (Å²) in [5.41, 5.74) is 0. The lowest BCUT2D eigenvalue weighted by Gasteiger charge is -2.34. The van der Waals surface area contributed by atoms with Crippen LogP contribution in [-0.4, -0.2) is 79.3 Å². The van der Waals surface area contributed by atoms with Crippen molar-refractivity contribution in [3.8, 4) is 0 Å². The number of nitrogens with zero attached hydrogens (tertiary/aromatic N) is 2. The van der Waals surface area contributed by atoms with Crippen molar-refractivity contribution in [3.63, 3.8) is 0 Å². The monoisotopic (exact) mass is 287 g/mol. The number of ether oxygens (including phenoxy) is 1.